The van der Waals surface area contributed by atoms with Crippen molar-refractivity contribution in [2.24, 2.45) is 0 Å². The number of aromatic amines is 1. The summed E-state index contributed by atoms with van der Waals surface area (Å²) in [6.07, 6.45) is 4.74. The van der Waals surface area contributed by atoms with Crippen molar-refractivity contribution in [3.05, 3.63) is 53.1 Å². The Balaban J connectivity index is 1.92. The van der Waals surface area contributed by atoms with Crippen LogP contribution in [0, 0.1) is 13.8 Å². The van der Waals surface area contributed by atoms with Gasteiger partial charge in [-0.1, -0.05) is 23.8 Å². The van der Waals surface area contributed by atoms with Crippen molar-refractivity contribution < 1.29 is 4.79 Å². The molecule has 0 aliphatic rings. The van der Waals surface area contributed by atoms with E-state index < -0.39 is 0 Å². The molecule has 0 bridgehead atoms. The number of aryl methyl sites for hydroxylation is 2. The summed E-state index contributed by atoms with van der Waals surface area (Å²) >= 11 is 0. The summed E-state index contributed by atoms with van der Waals surface area (Å²) in [6.45, 7) is 4.42. The Morgan fingerprint density at radius 3 is 2.95 bits per heavy atom. The molecule has 2 rings (SSSR count). The summed E-state index contributed by atoms with van der Waals surface area (Å²) in [4.78, 5) is 15.6. The molecule has 5 heteroatoms. The highest BCUT2D eigenvalue weighted by Crippen LogP contribution is 2.11. The van der Waals surface area contributed by atoms with Gasteiger partial charge in [0.25, 0.3) is 0 Å². The molecule has 1 amide bonds. The number of aromatic nitrogens is 3. The standard InChI is InChI=1S/C14H16N4O/c1-10-3-4-12(11(2)7-10)5-6-14(19)15-8-13-16-9-17-18-13/h3-7,9H,8H2,1-2H3,(H,15,19)(H,16,17,18)/b6-5+. The molecule has 0 fully saturated rings. The fourth-order valence-corrected chi connectivity index (χ4v) is 1.72. The van der Waals surface area contributed by atoms with E-state index in [1.165, 1.54) is 18.0 Å². The van der Waals surface area contributed by atoms with Crippen LogP contribution in [0.15, 0.2) is 30.6 Å². The highest BCUT2D eigenvalue weighted by atomic mass is 16.1. The second-order valence-electron chi connectivity index (χ2n) is 4.34. The molecule has 0 radical (unpaired) electrons. The second kappa shape index (κ2) is 5.95. The Labute approximate surface area is 111 Å². The number of nitrogens with one attached hydrogen (secondary N) is 2. The highest BCUT2D eigenvalue weighted by Gasteiger charge is 1.99. The maximum Gasteiger partial charge on any atom is 0.244 e. The van der Waals surface area contributed by atoms with Gasteiger partial charge < -0.3 is 5.32 Å². The van der Waals surface area contributed by atoms with E-state index in [1.807, 2.05) is 32.1 Å². The molecule has 2 N–H and O–H groups in total. The van der Waals surface area contributed by atoms with E-state index in [4.69, 9.17) is 0 Å². The predicted molar refractivity (Wildman–Crippen MR) is 73.2 cm³/mol. The van der Waals surface area contributed by atoms with E-state index in [0.29, 0.717) is 12.4 Å². The van der Waals surface area contributed by atoms with Crippen molar-refractivity contribution >= 4 is 12.0 Å². The molecule has 5 nitrogen and oxygen atoms in total. The SMILES string of the molecule is Cc1ccc(/C=C/C(=O)NCc2ncn[nH]2)c(C)c1. The number of carbonyl (C=O) groups excluding carboxylic acids is 1. The third-order valence-corrected chi connectivity index (χ3v) is 2.73. The Kier molecular flexibility index (Phi) is 4.07. The first kappa shape index (κ1) is 13.0. The summed E-state index contributed by atoms with van der Waals surface area (Å²) in [7, 11) is 0. The lowest BCUT2D eigenvalue weighted by Crippen LogP contribution is -2.20. The molecular formula is C14H16N4O. The lowest BCUT2D eigenvalue weighted by molar-refractivity contribution is -0.116. The molecule has 0 saturated heterocycles. The first-order valence-corrected chi connectivity index (χ1v) is 6.02. The number of H-pyrrole nitrogens is 1. The van der Waals surface area contributed by atoms with Crippen LogP contribution in [-0.2, 0) is 11.3 Å². The Hall–Kier alpha value is -2.43. The molecule has 0 spiro atoms. The molecule has 1 aromatic carbocycles. The lowest BCUT2D eigenvalue weighted by Gasteiger charge is -2.02. The van der Waals surface area contributed by atoms with Gasteiger partial charge in [0.05, 0.1) is 6.54 Å². The number of hydrogen-bond donors (Lipinski definition) is 2. The molecule has 2 aromatic rings. The van der Waals surface area contributed by atoms with Crippen LogP contribution >= 0.6 is 0 Å². The maximum atomic E-state index is 11.6. The topological polar surface area (TPSA) is 70.7 Å². The minimum Gasteiger partial charge on any atom is -0.345 e. The van der Waals surface area contributed by atoms with Gasteiger partial charge in [-0.2, -0.15) is 5.10 Å². The number of hydrogen-bond acceptors (Lipinski definition) is 3. The summed E-state index contributed by atoms with van der Waals surface area (Å²) in [5.41, 5.74) is 3.41. The van der Waals surface area contributed by atoms with Crippen molar-refractivity contribution in [2.45, 2.75) is 20.4 Å². The number of rotatable bonds is 4. The van der Waals surface area contributed by atoms with E-state index in [9.17, 15) is 4.79 Å². The number of carbonyl (C=O) groups is 1. The zero-order chi connectivity index (χ0) is 13.7. The van der Waals surface area contributed by atoms with Crippen molar-refractivity contribution in [2.75, 3.05) is 0 Å². The van der Waals surface area contributed by atoms with Crippen LogP contribution in [0.25, 0.3) is 6.08 Å². The molecule has 98 valence electrons. The largest absolute Gasteiger partial charge is 0.345 e. The summed E-state index contributed by atoms with van der Waals surface area (Å²) < 4.78 is 0. The van der Waals surface area contributed by atoms with Crippen molar-refractivity contribution in [3.63, 3.8) is 0 Å². The van der Waals surface area contributed by atoms with Crippen LogP contribution in [0.1, 0.15) is 22.5 Å². The third-order valence-electron chi connectivity index (χ3n) is 2.73. The van der Waals surface area contributed by atoms with Crippen LogP contribution in [0.5, 0.6) is 0 Å². The van der Waals surface area contributed by atoms with Crippen molar-refractivity contribution in [1.29, 1.82) is 0 Å². The molecule has 19 heavy (non-hydrogen) atoms. The smallest absolute Gasteiger partial charge is 0.244 e. The lowest BCUT2D eigenvalue weighted by atomic mass is 10.1. The van der Waals surface area contributed by atoms with Gasteiger partial charge in [0.1, 0.15) is 12.2 Å². The second-order valence-corrected chi connectivity index (χ2v) is 4.34. The monoisotopic (exact) mass is 256 g/mol. The Bertz CT molecular complexity index is 587. The predicted octanol–water partition coefficient (Wildman–Crippen LogP) is 1.75. The Morgan fingerprint density at radius 2 is 2.26 bits per heavy atom. The van der Waals surface area contributed by atoms with E-state index in [2.05, 4.69) is 26.6 Å². The first-order valence-electron chi connectivity index (χ1n) is 6.02. The van der Waals surface area contributed by atoms with E-state index in [-0.39, 0.29) is 5.91 Å². The maximum absolute atomic E-state index is 11.6. The van der Waals surface area contributed by atoms with Crippen LogP contribution in [-0.4, -0.2) is 21.1 Å². The zero-order valence-corrected chi connectivity index (χ0v) is 11.0. The van der Waals surface area contributed by atoms with E-state index >= 15 is 0 Å². The van der Waals surface area contributed by atoms with Crippen molar-refractivity contribution in [3.8, 4) is 0 Å². The third kappa shape index (κ3) is 3.77. The number of amides is 1. The molecular weight excluding hydrogens is 240 g/mol. The van der Waals surface area contributed by atoms with Crippen LogP contribution < -0.4 is 5.32 Å². The minimum absolute atomic E-state index is 0.156. The van der Waals surface area contributed by atoms with Crippen LogP contribution in [0.2, 0.25) is 0 Å². The molecule has 1 heterocycles. The first-order chi connectivity index (χ1) is 9.15. The van der Waals surface area contributed by atoms with Gasteiger partial charge in [-0.25, -0.2) is 4.98 Å². The van der Waals surface area contributed by atoms with Crippen LogP contribution in [0.3, 0.4) is 0 Å². The normalized spacial score (nSPS) is 10.8. The molecule has 0 saturated carbocycles. The van der Waals surface area contributed by atoms with Gasteiger partial charge >= 0.3 is 0 Å². The highest BCUT2D eigenvalue weighted by molar-refractivity contribution is 5.91. The van der Waals surface area contributed by atoms with E-state index in [0.717, 1.165) is 11.1 Å². The zero-order valence-electron chi connectivity index (χ0n) is 11.0. The summed E-state index contributed by atoms with van der Waals surface area (Å²) in [5, 5.41) is 9.12. The molecule has 0 aliphatic heterocycles. The molecule has 0 unspecified atom stereocenters. The fraction of sp³-hybridized carbons (Fsp3) is 0.214. The van der Waals surface area contributed by atoms with Crippen molar-refractivity contribution in [1.82, 2.24) is 20.5 Å². The van der Waals surface area contributed by atoms with Gasteiger partial charge in [0.2, 0.25) is 5.91 Å². The average Bonchev–Trinajstić information content (AvgIpc) is 2.88. The molecule has 0 atom stereocenters. The van der Waals surface area contributed by atoms with Gasteiger partial charge in [0, 0.05) is 6.08 Å². The van der Waals surface area contributed by atoms with E-state index in [1.54, 1.807) is 0 Å². The minimum atomic E-state index is -0.156. The van der Waals surface area contributed by atoms with Crippen LogP contribution in [0.4, 0.5) is 0 Å². The van der Waals surface area contributed by atoms with Gasteiger partial charge in [-0.05, 0) is 31.1 Å². The number of benzene rings is 1. The molecule has 1 aromatic heterocycles. The fourth-order valence-electron chi connectivity index (χ4n) is 1.72. The quantitative estimate of drug-likeness (QED) is 0.819. The van der Waals surface area contributed by atoms with Gasteiger partial charge in [-0.3, -0.25) is 9.89 Å². The average molecular weight is 256 g/mol. The summed E-state index contributed by atoms with van der Waals surface area (Å²) in [5.74, 6) is 0.477. The van der Waals surface area contributed by atoms with Gasteiger partial charge in [0.15, 0.2) is 0 Å². The Morgan fingerprint density at radius 1 is 1.42 bits per heavy atom. The molecule has 0 aliphatic carbocycles. The number of nitrogens with zero attached hydrogens (tertiary/aromatic N) is 2. The summed E-state index contributed by atoms with van der Waals surface area (Å²) in [6, 6.07) is 6.12. The van der Waals surface area contributed by atoms with Gasteiger partial charge in [-0.15, -0.1) is 0 Å².